The Morgan fingerprint density at radius 2 is 1.67 bits per heavy atom. The van der Waals surface area contributed by atoms with Crippen LogP contribution in [0.4, 0.5) is 0 Å². The van der Waals surface area contributed by atoms with E-state index in [-0.39, 0.29) is 12.5 Å². The van der Waals surface area contributed by atoms with Crippen LogP contribution in [0.2, 0.25) is 0 Å². The highest BCUT2D eigenvalue weighted by Crippen LogP contribution is 2.27. The van der Waals surface area contributed by atoms with Crippen LogP contribution < -0.4 is 10.6 Å². The molecule has 0 aliphatic heterocycles. The second kappa shape index (κ2) is 8.64. The molecule has 0 saturated heterocycles. The first-order valence-electron chi connectivity index (χ1n) is 7.39. The van der Waals surface area contributed by atoms with Gasteiger partial charge in [0.1, 0.15) is 12.0 Å². The van der Waals surface area contributed by atoms with E-state index in [0.29, 0.717) is 6.54 Å². The molecule has 0 aromatic carbocycles. The first kappa shape index (κ1) is 19.4. The second-order valence-electron chi connectivity index (χ2n) is 6.07. The normalized spacial score (nSPS) is 14.0. The van der Waals surface area contributed by atoms with Gasteiger partial charge in [-0.1, -0.05) is 27.7 Å². The van der Waals surface area contributed by atoms with Gasteiger partial charge in [0.2, 0.25) is 11.8 Å². The van der Waals surface area contributed by atoms with Gasteiger partial charge in [0.05, 0.1) is 6.61 Å². The third kappa shape index (κ3) is 6.60. The highest BCUT2D eigenvalue weighted by atomic mass is 16.5. The SMILES string of the molecule is CCCNC(=O)C(C)NC(=O)C(C(=O)OCC)C(C)(C)C. The van der Waals surface area contributed by atoms with Crippen molar-refractivity contribution in [1.82, 2.24) is 10.6 Å². The quantitative estimate of drug-likeness (QED) is 0.547. The number of esters is 1. The molecule has 0 aromatic heterocycles. The number of rotatable bonds is 7. The minimum Gasteiger partial charge on any atom is -0.465 e. The van der Waals surface area contributed by atoms with Crippen LogP contribution >= 0.6 is 0 Å². The highest BCUT2D eigenvalue weighted by Gasteiger charge is 2.39. The zero-order valence-corrected chi connectivity index (χ0v) is 13.9. The molecule has 21 heavy (non-hydrogen) atoms. The molecule has 0 aliphatic carbocycles. The molecule has 0 heterocycles. The van der Waals surface area contributed by atoms with Gasteiger partial charge in [0, 0.05) is 6.54 Å². The van der Waals surface area contributed by atoms with Gasteiger partial charge in [-0.15, -0.1) is 0 Å². The Labute approximate surface area is 127 Å². The van der Waals surface area contributed by atoms with Crippen LogP contribution in [0.3, 0.4) is 0 Å². The van der Waals surface area contributed by atoms with Gasteiger partial charge < -0.3 is 15.4 Å². The summed E-state index contributed by atoms with van der Waals surface area (Å²) in [5.41, 5.74) is -0.587. The molecule has 0 rings (SSSR count). The number of ether oxygens (including phenoxy) is 1. The van der Waals surface area contributed by atoms with Crippen LogP contribution in [0.25, 0.3) is 0 Å². The Morgan fingerprint density at radius 1 is 1.10 bits per heavy atom. The van der Waals surface area contributed by atoms with Gasteiger partial charge in [0.15, 0.2) is 0 Å². The Bertz CT molecular complexity index is 374. The van der Waals surface area contributed by atoms with E-state index < -0.39 is 29.3 Å². The summed E-state index contributed by atoms with van der Waals surface area (Å²) in [6, 6.07) is -0.691. The van der Waals surface area contributed by atoms with Crippen molar-refractivity contribution in [1.29, 1.82) is 0 Å². The molecule has 0 aromatic rings. The van der Waals surface area contributed by atoms with Crippen molar-refractivity contribution >= 4 is 17.8 Å². The summed E-state index contributed by atoms with van der Waals surface area (Å²) in [5, 5.41) is 5.28. The van der Waals surface area contributed by atoms with Gasteiger partial charge in [-0.3, -0.25) is 14.4 Å². The van der Waals surface area contributed by atoms with Crippen LogP contribution in [0.5, 0.6) is 0 Å². The Balaban J connectivity index is 4.83. The summed E-state index contributed by atoms with van der Waals surface area (Å²) in [7, 11) is 0. The molecule has 6 nitrogen and oxygen atoms in total. The average Bonchev–Trinajstić information content (AvgIpc) is 2.34. The minimum atomic E-state index is -0.945. The molecule has 0 bridgehead atoms. The van der Waals surface area contributed by atoms with Crippen LogP contribution in [-0.2, 0) is 19.1 Å². The lowest BCUT2D eigenvalue weighted by molar-refractivity contribution is -0.157. The predicted octanol–water partition coefficient (Wildman–Crippen LogP) is 1.24. The number of carbonyl (C=O) groups excluding carboxylic acids is 3. The molecule has 6 heteroatoms. The Kier molecular flexibility index (Phi) is 7.99. The summed E-state index contributed by atoms with van der Waals surface area (Å²) < 4.78 is 4.96. The lowest BCUT2D eigenvalue weighted by Crippen LogP contribution is -2.51. The van der Waals surface area contributed by atoms with Gasteiger partial charge in [-0.2, -0.15) is 0 Å². The fourth-order valence-electron chi connectivity index (χ4n) is 1.84. The molecule has 2 unspecified atom stereocenters. The zero-order chi connectivity index (χ0) is 16.6. The van der Waals surface area contributed by atoms with E-state index in [9.17, 15) is 14.4 Å². The van der Waals surface area contributed by atoms with Crippen LogP contribution in [0.15, 0.2) is 0 Å². The number of hydrogen-bond donors (Lipinski definition) is 2. The van der Waals surface area contributed by atoms with Crippen LogP contribution in [-0.4, -0.2) is 37.0 Å². The van der Waals surface area contributed by atoms with E-state index >= 15 is 0 Å². The smallest absolute Gasteiger partial charge is 0.319 e. The monoisotopic (exact) mass is 300 g/mol. The number of hydrogen-bond acceptors (Lipinski definition) is 4. The maximum atomic E-state index is 12.3. The third-order valence-electron chi connectivity index (χ3n) is 2.95. The minimum absolute atomic E-state index is 0.214. The highest BCUT2D eigenvalue weighted by molar-refractivity contribution is 6.00. The van der Waals surface area contributed by atoms with Crippen LogP contribution in [0, 0.1) is 11.3 Å². The molecule has 2 N–H and O–H groups in total. The van der Waals surface area contributed by atoms with E-state index in [1.807, 2.05) is 6.92 Å². The van der Waals surface area contributed by atoms with Gasteiger partial charge in [0.25, 0.3) is 0 Å². The summed E-state index contributed by atoms with van der Waals surface area (Å²) in [6.07, 6.45) is 0.819. The number of nitrogens with one attached hydrogen (secondary N) is 2. The second-order valence-corrected chi connectivity index (χ2v) is 6.07. The van der Waals surface area contributed by atoms with Crippen molar-refractivity contribution in [2.24, 2.45) is 11.3 Å². The number of amides is 2. The van der Waals surface area contributed by atoms with E-state index in [1.54, 1.807) is 34.6 Å². The van der Waals surface area contributed by atoms with Gasteiger partial charge in [-0.05, 0) is 25.7 Å². The topological polar surface area (TPSA) is 84.5 Å². The molecule has 0 radical (unpaired) electrons. The largest absolute Gasteiger partial charge is 0.465 e. The van der Waals surface area contributed by atoms with E-state index in [4.69, 9.17) is 4.74 Å². The van der Waals surface area contributed by atoms with Gasteiger partial charge >= 0.3 is 5.97 Å². The molecule has 122 valence electrons. The lowest BCUT2D eigenvalue weighted by atomic mass is 9.80. The maximum Gasteiger partial charge on any atom is 0.319 e. The molecular formula is C15H28N2O4. The van der Waals surface area contributed by atoms with Crippen molar-refractivity contribution in [3.8, 4) is 0 Å². The number of carbonyl (C=O) groups is 3. The first-order chi connectivity index (χ1) is 9.65. The maximum absolute atomic E-state index is 12.3. The third-order valence-corrected chi connectivity index (χ3v) is 2.95. The van der Waals surface area contributed by atoms with Gasteiger partial charge in [-0.25, -0.2) is 0 Å². The van der Waals surface area contributed by atoms with Crippen molar-refractivity contribution in [2.45, 2.75) is 54.0 Å². The summed E-state index contributed by atoms with van der Waals surface area (Å²) in [6.45, 7) is 11.4. The van der Waals surface area contributed by atoms with Crippen molar-refractivity contribution in [2.75, 3.05) is 13.2 Å². The van der Waals surface area contributed by atoms with Crippen molar-refractivity contribution in [3.63, 3.8) is 0 Å². The lowest BCUT2D eigenvalue weighted by Gasteiger charge is -2.28. The molecule has 0 fully saturated rings. The van der Waals surface area contributed by atoms with Crippen molar-refractivity contribution < 1.29 is 19.1 Å². The summed E-state index contributed by atoms with van der Waals surface area (Å²) in [4.78, 5) is 36.0. The van der Waals surface area contributed by atoms with E-state index in [1.165, 1.54) is 0 Å². The molecule has 0 saturated carbocycles. The van der Waals surface area contributed by atoms with Crippen molar-refractivity contribution in [3.05, 3.63) is 0 Å². The first-order valence-corrected chi connectivity index (χ1v) is 7.39. The molecule has 2 atom stereocenters. The summed E-state index contributed by atoms with van der Waals surface area (Å²) in [5.74, 6) is -2.26. The summed E-state index contributed by atoms with van der Waals surface area (Å²) >= 11 is 0. The Morgan fingerprint density at radius 3 is 2.10 bits per heavy atom. The standard InChI is InChI=1S/C15H28N2O4/c1-7-9-16-12(18)10(3)17-13(19)11(15(4,5)6)14(20)21-8-2/h10-11H,7-9H2,1-6H3,(H,16,18)(H,17,19). The predicted molar refractivity (Wildman–Crippen MR) is 80.5 cm³/mol. The fraction of sp³-hybridized carbons (Fsp3) is 0.800. The van der Waals surface area contributed by atoms with E-state index in [2.05, 4.69) is 10.6 Å². The molecule has 0 spiro atoms. The average molecular weight is 300 g/mol. The van der Waals surface area contributed by atoms with E-state index in [0.717, 1.165) is 6.42 Å². The fourth-order valence-corrected chi connectivity index (χ4v) is 1.84. The Hall–Kier alpha value is -1.59. The molecule has 2 amide bonds. The molecular weight excluding hydrogens is 272 g/mol. The molecule has 0 aliphatic rings. The zero-order valence-electron chi connectivity index (χ0n) is 13.9. The van der Waals surface area contributed by atoms with Crippen LogP contribution in [0.1, 0.15) is 48.0 Å².